The molecule has 1 aromatic carbocycles. The molecule has 0 atom stereocenters. The van der Waals surface area contributed by atoms with E-state index in [0.717, 1.165) is 16.2 Å². The highest BCUT2D eigenvalue weighted by atomic mass is 32.1. The van der Waals surface area contributed by atoms with Crippen molar-refractivity contribution in [2.24, 2.45) is 0 Å². The zero-order valence-corrected chi connectivity index (χ0v) is 11.4. The highest BCUT2D eigenvalue weighted by Gasteiger charge is 2.11. The third kappa shape index (κ3) is 1.67. The zero-order valence-electron chi connectivity index (χ0n) is 10.6. The lowest BCUT2D eigenvalue weighted by Gasteiger charge is -2.07. The number of hydrogen-bond acceptors (Lipinski definition) is 4. The number of aromatic nitrogens is 3. The van der Waals surface area contributed by atoms with Gasteiger partial charge in [-0.1, -0.05) is 17.4 Å². The quantitative estimate of drug-likeness (QED) is 0.730. The summed E-state index contributed by atoms with van der Waals surface area (Å²) in [5.41, 5.74) is 11.6. The van der Waals surface area contributed by atoms with E-state index < -0.39 is 0 Å². The molecule has 0 aliphatic heterocycles. The fraction of sp³-hybridized carbons (Fsp3) is 0.231. The number of nitrogen functional groups attached to an aromatic ring is 1. The molecular weight excluding hydrogens is 244 g/mol. The van der Waals surface area contributed by atoms with E-state index in [1.807, 2.05) is 6.20 Å². The number of hydrogen-bond donors (Lipinski definition) is 1. The minimum atomic E-state index is 0.542. The number of aryl methyl sites for hydroxylation is 3. The molecule has 2 aromatic heterocycles. The van der Waals surface area contributed by atoms with Gasteiger partial charge >= 0.3 is 0 Å². The van der Waals surface area contributed by atoms with Gasteiger partial charge in [0.25, 0.3) is 0 Å². The summed E-state index contributed by atoms with van der Waals surface area (Å²) in [5.74, 6) is 0. The lowest BCUT2D eigenvalue weighted by Crippen LogP contribution is -1.89. The second kappa shape index (κ2) is 3.81. The van der Waals surface area contributed by atoms with Gasteiger partial charge < -0.3 is 5.73 Å². The second-order valence-corrected chi connectivity index (χ2v) is 5.53. The smallest absolute Gasteiger partial charge is 0.214 e. The standard InChI is InChI=1S/C13H14N4S/c1-7-4-9(3)10(5-8(7)2)11-6-17-13(15-11)18-12(14)16-17/h4-6H,1-3H3,(H2,14,16). The van der Waals surface area contributed by atoms with Crippen LogP contribution in [0.2, 0.25) is 0 Å². The lowest BCUT2D eigenvalue weighted by molar-refractivity contribution is 0.981. The average Bonchev–Trinajstić information content (AvgIpc) is 2.80. The third-order valence-corrected chi connectivity index (χ3v) is 3.93. The zero-order chi connectivity index (χ0) is 12.9. The van der Waals surface area contributed by atoms with Gasteiger partial charge in [-0.2, -0.15) is 0 Å². The van der Waals surface area contributed by atoms with E-state index in [4.69, 9.17) is 5.73 Å². The summed E-state index contributed by atoms with van der Waals surface area (Å²) < 4.78 is 1.74. The summed E-state index contributed by atoms with van der Waals surface area (Å²) in [6.07, 6.45) is 1.93. The molecule has 0 aliphatic rings. The topological polar surface area (TPSA) is 56.2 Å². The predicted octanol–water partition coefficient (Wildman–Crippen LogP) is 2.97. The Kier molecular flexibility index (Phi) is 2.38. The summed E-state index contributed by atoms with van der Waals surface area (Å²) in [4.78, 5) is 5.41. The molecule has 0 spiro atoms. The van der Waals surface area contributed by atoms with E-state index in [9.17, 15) is 0 Å². The molecule has 4 nitrogen and oxygen atoms in total. The van der Waals surface area contributed by atoms with Crippen molar-refractivity contribution < 1.29 is 0 Å². The van der Waals surface area contributed by atoms with E-state index in [2.05, 4.69) is 43.0 Å². The van der Waals surface area contributed by atoms with Crippen molar-refractivity contribution in [1.29, 1.82) is 0 Å². The molecule has 0 amide bonds. The van der Waals surface area contributed by atoms with Crippen LogP contribution in [0.5, 0.6) is 0 Å². The van der Waals surface area contributed by atoms with Crippen LogP contribution in [0.4, 0.5) is 5.13 Å². The molecule has 0 saturated heterocycles. The summed E-state index contributed by atoms with van der Waals surface area (Å²) in [6.45, 7) is 6.35. The Hall–Kier alpha value is -1.88. The Morgan fingerprint density at radius 1 is 1.11 bits per heavy atom. The SMILES string of the molecule is Cc1cc(C)c(-c2cn3nc(N)sc3n2)cc1C. The van der Waals surface area contributed by atoms with Crippen LogP contribution in [-0.2, 0) is 0 Å². The summed E-state index contributed by atoms with van der Waals surface area (Å²) in [7, 11) is 0. The van der Waals surface area contributed by atoms with Gasteiger partial charge in [0.05, 0.1) is 11.9 Å². The number of anilines is 1. The van der Waals surface area contributed by atoms with Gasteiger partial charge in [-0.15, -0.1) is 5.10 Å². The summed E-state index contributed by atoms with van der Waals surface area (Å²) >= 11 is 1.40. The molecule has 92 valence electrons. The van der Waals surface area contributed by atoms with Crippen LogP contribution in [0.1, 0.15) is 16.7 Å². The molecule has 0 bridgehead atoms. The molecule has 3 aromatic rings. The predicted molar refractivity (Wildman–Crippen MR) is 74.9 cm³/mol. The van der Waals surface area contributed by atoms with Crippen molar-refractivity contribution in [3.8, 4) is 11.3 Å². The Balaban J connectivity index is 2.19. The van der Waals surface area contributed by atoms with Gasteiger partial charge in [-0.25, -0.2) is 9.50 Å². The maximum Gasteiger partial charge on any atom is 0.214 e. The monoisotopic (exact) mass is 258 g/mol. The fourth-order valence-corrected chi connectivity index (χ4v) is 2.73. The summed E-state index contributed by atoms with van der Waals surface area (Å²) in [5, 5.41) is 4.72. The molecule has 0 radical (unpaired) electrons. The molecule has 2 heterocycles. The van der Waals surface area contributed by atoms with Gasteiger partial charge in [-0.05, 0) is 43.5 Å². The van der Waals surface area contributed by atoms with Crippen molar-refractivity contribution in [2.75, 3.05) is 5.73 Å². The Morgan fingerprint density at radius 3 is 2.56 bits per heavy atom. The number of nitrogens with two attached hydrogens (primary N) is 1. The molecule has 0 aliphatic carbocycles. The van der Waals surface area contributed by atoms with Gasteiger partial charge in [0.2, 0.25) is 10.1 Å². The Bertz CT molecular complexity index is 707. The van der Waals surface area contributed by atoms with Crippen LogP contribution in [-0.4, -0.2) is 14.6 Å². The maximum absolute atomic E-state index is 5.64. The van der Waals surface area contributed by atoms with Gasteiger partial charge in [0, 0.05) is 5.56 Å². The number of fused-ring (bicyclic) bond motifs is 1. The number of nitrogens with zero attached hydrogens (tertiary/aromatic N) is 3. The molecule has 3 rings (SSSR count). The molecule has 5 heteroatoms. The largest absolute Gasteiger partial charge is 0.374 e. The number of rotatable bonds is 1. The first kappa shape index (κ1) is 11.2. The van der Waals surface area contributed by atoms with Gasteiger partial charge in [0.15, 0.2) is 0 Å². The molecular formula is C13H14N4S. The average molecular weight is 258 g/mol. The highest BCUT2D eigenvalue weighted by molar-refractivity contribution is 7.20. The third-order valence-electron chi connectivity index (χ3n) is 3.18. The van der Waals surface area contributed by atoms with E-state index in [1.54, 1.807) is 4.52 Å². The second-order valence-electron chi connectivity index (χ2n) is 4.54. The summed E-state index contributed by atoms with van der Waals surface area (Å²) in [6, 6.07) is 4.38. The van der Waals surface area contributed by atoms with Crippen molar-refractivity contribution in [2.45, 2.75) is 20.8 Å². The lowest BCUT2D eigenvalue weighted by atomic mass is 9.99. The fourth-order valence-electron chi connectivity index (χ4n) is 2.08. The first-order valence-electron chi connectivity index (χ1n) is 5.74. The Labute approximate surface area is 109 Å². The minimum absolute atomic E-state index is 0.542. The molecule has 18 heavy (non-hydrogen) atoms. The molecule has 0 saturated carbocycles. The van der Waals surface area contributed by atoms with Crippen molar-refractivity contribution in [1.82, 2.24) is 14.6 Å². The minimum Gasteiger partial charge on any atom is -0.374 e. The number of benzene rings is 1. The normalized spacial score (nSPS) is 11.3. The molecule has 2 N–H and O–H groups in total. The van der Waals surface area contributed by atoms with Crippen LogP contribution in [0.3, 0.4) is 0 Å². The van der Waals surface area contributed by atoms with E-state index in [-0.39, 0.29) is 0 Å². The van der Waals surface area contributed by atoms with Crippen LogP contribution in [0.15, 0.2) is 18.3 Å². The molecule has 0 unspecified atom stereocenters. The number of imidazole rings is 1. The van der Waals surface area contributed by atoms with Crippen molar-refractivity contribution in [3.63, 3.8) is 0 Å². The van der Waals surface area contributed by atoms with Gasteiger partial charge in [0.1, 0.15) is 0 Å². The van der Waals surface area contributed by atoms with Crippen LogP contribution >= 0.6 is 11.3 Å². The maximum atomic E-state index is 5.64. The van der Waals surface area contributed by atoms with Crippen molar-refractivity contribution >= 4 is 21.4 Å². The first-order chi connectivity index (χ1) is 8.54. The van der Waals surface area contributed by atoms with E-state index in [1.165, 1.54) is 28.0 Å². The van der Waals surface area contributed by atoms with Crippen LogP contribution in [0.25, 0.3) is 16.2 Å². The van der Waals surface area contributed by atoms with Crippen LogP contribution < -0.4 is 5.73 Å². The molecule has 0 fully saturated rings. The Morgan fingerprint density at radius 2 is 1.83 bits per heavy atom. The van der Waals surface area contributed by atoms with E-state index in [0.29, 0.717) is 5.13 Å². The first-order valence-corrected chi connectivity index (χ1v) is 6.56. The van der Waals surface area contributed by atoms with Crippen molar-refractivity contribution in [3.05, 3.63) is 35.0 Å². The van der Waals surface area contributed by atoms with Crippen LogP contribution in [0, 0.1) is 20.8 Å². The van der Waals surface area contributed by atoms with Gasteiger partial charge in [-0.3, -0.25) is 0 Å². The van der Waals surface area contributed by atoms with E-state index >= 15 is 0 Å². The highest BCUT2D eigenvalue weighted by Crippen LogP contribution is 2.27.